The van der Waals surface area contributed by atoms with E-state index in [0.29, 0.717) is 12.8 Å². The van der Waals surface area contributed by atoms with Crippen molar-refractivity contribution in [3.8, 4) is 10.4 Å². The van der Waals surface area contributed by atoms with Crippen molar-refractivity contribution in [3.63, 3.8) is 0 Å². The summed E-state index contributed by atoms with van der Waals surface area (Å²) in [5, 5.41) is 25.1. The number of nitrogens with zero attached hydrogens (tertiary/aromatic N) is 2. The van der Waals surface area contributed by atoms with E-state index in [0.717, 1.165) is 41.0 Å². The van der Waals surface area contributed by atoms with E-state index in [-0.39, 0.29) is 49.6 Å². The van der Waals surface area contributed by atoms with Crippen LogP contribution in [0, 0.1) is 12.3 Å². The van der Waals surface area contributed by atoms with E-state index in [1.54, 1.807) is 11.3 Å². The molecule has 0 saturated carbocycles. The molecule has 1 aliphatic rings. The maximum absolute atomic E-state index is 13.8. The van der Waals surface area contributed by atoms with Crippen LogP contribution >= 0.6 is 11.3 Å². The third kappa shape index (κ3) is 9.86. The summed E-state index contributed by atoms with van der Waals surface area (Å²) in [5.41, 5.74) is 4.14. The largest absolute Gasteiger partial charge is 0.481 e. The Morgan fingerprint density at radius 2 is 1.65 bits per heavy atom. The number of benzene rings is 1. The number of unbranched alkanes of at least 4 members (excludes halogenated alkanes) is 4. The molecule has 0 aliphatic carbocycles. The van der Waals surface area contributed by atoms with E-state index >= 15 is 0 Å². The summed E-state index contributed by atoms with van der Waals surface area (Å²) in [6.45, 7) is 9.45. The smallest absolute Gasteiger partial charge is 0.303 e. The molecule has 1 aromatic heterocycles. The fourth-order valence-corrected chi connectivity index (χ4v) is 6.15. The standard InChI is InChI=1S/C32H46N4O6S/c1-20(22-13-15-23(16-14-22)28-21(2)33-19-43-28)34-30(41)25-17-24(37)18-36(25)31(42)29(32(3,4)5)35-26(38)11-9-7-6-8-10-12-27(39)40/h13-16,19-20,24-25,29,37H,6-12,17-18H2,1-5H3,(H,34,41)(H,35,38)(H,39,40)/t20-,24+,25?,29+/m0/s1. The fourth-order valence-electron chi connectivity index (χ4n) is 5.34. The molecule has 0 spiro atoms. The molecule has 3 amide bonds. The lowest BCUT2D eigenvalue weighted by Gasteiger charge is -2.35. The van der Waals surface area contributed by atoms with Crippen molar-refractivity contribution in [2.75, 3.05) is 6.54 Å². The van der Waals surface area contributed by atoms with Crippen molar-refractivity contribution in [1.29, 1.82) is 0 Å². The van der Waals surface area contributed by atoms with Gasteiger partial charge in [0.05, 0.1) is 28.2 Å². The summed E-state index contributed by atoms with van der Waals surface area (Å²) in [6, 6.07) is 5.90. The van der Waals surface area contributed by atoms with E-state index in [1.165, 1.54) is 4.90 Å². The lowest BCUT2D eigenvalue weighted by molar-refractivity contribution is -0.144. The lowest BCUT2D eigenvalue weighted by Crippen LogP contribution is -2.57. The second kappa shape index (κ2) is 15.4. The molecule has 1 unspecified atom stereocenters. The van der Waals surface area contributed by atoms with Crippen LogP contribution in [-0.2, 0) is 19.2 Å². The van der Waals surface area contributed by atoms with Crippen LogP contribution < -0.4 is 10.6 Å². The Hall–Kier alpha value is -3.31. The number of carbonyl (C=O) groups is 4. The molecule has 1 aromatic carbocycles. The summed E-state index contributed by atoms with van der Waals surface area (Å²) in [6.07, 6.45) is 3.40. The number of aliphatic carboxylic acids is 1. The number of carboxylic acid groups (broad SMARTS) is 1. The minimum Gasteiger partial charge on any atom is -0.481 e. The average Bonchev–Trinajstić information content (AvgIpc) is 3.55. The van der Waals surface area contributed by atoms with Crippen LogP contribution in [0.15, 0.2) is 29.8 Å². The Bertz CT molecular complexity index is 1260. The van der Waals surface area contributed by atoms with Crippen molar-refractivity contribution in [2.45, 2.75) is 110 Å². The molecule has 0 bridgehead atoms. The van der Waals surface area contributed by atoms with E-state index in [2.05, 4.69) is 15.6 Å². The minimum atomic E-state index is -0.865. The second-order valence-corrected chi connectivity index (χ2v) is 13.4. The molecule has 1 aliphatic heterocycles. The molecule has 236 valence electrons. The van der Waals surface area contributed by atoms with Crippen LogP contribution in [0.1, 0.15) is 96.4 Å². The van der Waals surface area contributed by atoms with Gasteiger partial charge in [-0.25, -0.2) is 4.98 Å². The number of hydrogen-bond donors (Lipinski definition) is 4. The van der Waals surface area contributed by atoms with Gasteiger partial charge < -0.3 is 25.7 Å². The molecule has 43 heavy (non-hydrogen) atoms. The third-order valence-corrected chi connectivity index (χ3v) is 8.83. The van der Waals surface area contributed by atoms with E-state index in [4.69, 9.17) is 5.11 Å². The van der Waals surface area contributed by atoms with Gasteiger partial charge in [-0.2, -0.15) is 0 Å². The van der Waals surface area contributed by atoms with Crippen molar-refractivity contribution in [3.05, 3.63) is 41.0 Å². The number of hydrogen-bond acceptors (Lipinski definition) is 7. The molecule has 1 fully saturated rings. The van der Waals surface area contributed by atoms with Gasteiger partial charge in [-0.05, 0) is 43.2 Å². The minimum absolute atomic E-state index is 0.0208. The number of aliphatic hydroxyl groups excluding tert-OH is 1. The summed E-state index contributed by atoms with van der Waals surface area (Å²) >= 11 is 1.58. The zero-order chi connectivity index (χ0) is 31.7. The number of carbonyl (C=O) groups excluding carboxylic acids is 3. The number of carboxylic acids is 1. The lowest BCUT2D eigenvalue weighted by atomic mass is 9.85. The van der Waals surface area contributed by atoms with Crippen molar-refractivity contribution in [1.82, 2.24) is 20.5 Å². The first-order chi connectivity index (χ1) is 20.3. The van der Waals surface area contributed by atoms with Gasteiger partial charge >= 0.3 is 5.97 Å². The van der Waals surface area contributed by atoms with Gasteiger partial charge in [-0.1, -0.05) is 64.3 Å². The molecule has 11 heteroatoms. The van der Waals surface area contributed by atoms with E-state index in [1.807, 2.05) is 64.4 Å². The first kappa shape index (κ1) is 34.2. The second-order valence-electron chi connectivity index (χ2n) is 12.5. The maximum atomic E-state index is 13.8. The highest BCUT2D eigenvalue weighted by Gasteiger charge is 2.44. The van der Waals surface area contributed by atoms with Crippen molar-refractivity contribution >= 4 is 35.0 Å². The average molecular weight is 615 g/mol. The predicted molar refractivity (Wildman–Crippen MR) is 166 cm³/mol. The van der Waals surface area contributed by atoms with Gasteiger partial charge in [-0.3, -0.25) is 19.2 Å². The summed E-state index contributed by atoms with van der Waals surface area (Å²) in [5.74, 6) is -1.78. The number of β-amino-alcohol motifs (C(OH)–C–C–N with tert-alkyl or cyclic N) is 1. The highest BCUT2D eigenvalue weighted by Crippen LogP contribution is 2.29. The maximum Gasteiger partial charge on any atom is 0.303 e. The van der Waals surface area contributed by atoms with Gasteiger partial charge in [0, 0.05) is 25.8 Å². The molecule has 4 atom stereocenters. The Morgan fingerprint density at radius 1 is 1.02 bits per heavy atom. The highest BCUT2D eigenvalue weighted by molar-refractivity contribution is 7.13. The number of amides is 3. The molecule has 10 nitrogen and oxygen atoms in total. The summed E-state index contributed by atoms with van der Waals surface area (Å²) < 4.78 is 0. The summed E-state index contributed by atoms with van der Waals surface area (Å²) in [4.78, 5) is 57.5. The third-order valence-electron chi connectivity index (χ3n) is 7.85. The zero-order valence-corrected chi connectivity index (χ0v) is 26.7. The molecular weight excluding hydrogens is 568 g/mol. The van der Waals surface area contributed by atoms with Crippen LogP contribution in [0.4, 0.5) is 0 Å². The Kier molecular flexibility index (Phi) is 12.3. The normalized spacial score (nSPS) is 18.2. The monoisotopic (exact) mass is 614 g/mol. The predicted octanol–water partition coefficient (Wildman–Crippen LogP) is 4.60. The van der Waals surface area contributed by atoms with Crippen molar-refractivity contribution < 1.29 is 29.4 Å². The topological polar surface area (TPSA) is 149 Å². The number of rotatable bonds is 14. The number of aliphatic hydroxyl groups is 1. The highest BCUT2D eigenvalue weighted by atomic mass is 32.1. The Balaban J connectivity index is 1.59. The van der Waals surface area contributed by atoms with Gasteiger partial charge in [-0.15, -0.1) is 11.3 Å². The first-order valence-electron chi connectivity index (χ1n) is 15.1. The van der Waals surface area contributed by atoms with Gasteiger partial charge in [0.2, 0.25) is 17.7 Å². The van der Waals surface area contributed by atoms with E-state index < -0.39 is 29.6 Å². The molecular formula is C32H46N4O6S. The SMILES string of the molecule is Cc1ncsc1-c1ccc([C@H](C)NC(=O)C2C[C@@H](O)CN2C(=O)[C@@H](NC(=O)CCCCCCCC(=O)O)C(C)(C)C)cc1. The number of aromatic nitrogens is 1. The fraction of sp³-hybridized carbons (Fsp3) is 0.594. The molecule has 2 aromatic rings. The number of likely N-dealkylation sites (tertiary alicyclic amines) is 1. The van der Waals surface area contributed by atoms with Gasteiger partial charge in [0.1, 0.15) is 12.1 Å². The number of nitrogens with one attached hydrogen (secondary N) is 2. The Labute approximate surface area is 258 Å². The zero-order valence-electron chi connectivity index (χ0n) is 25.9. The number of thiazole rings is 1. The van der Waals surface area contributed by atoms with Crippen LogP contribution in [0.5, 0.6) is 0 Å². The Morgan fingerprint density at radius 3 is 2.23 bits per heavy atom. The number of aryl methyl sites for hydroxylation is 1. The molecule has 1 saturated heterocycles. The first-order valence-corrected chi connectivity index (χ1v) is 16.0. The summed E-state index contributed by atoms with van der Waals surface area (Å²) in [7, 11) is 0. The van der Waals surface area contributed by atoms with Crippen LogP contribution in [-0.4, -0.2) is 68.5 Å². The van der Waals surface area contributed by atoms with Crippen LogP contribution in [0.25, 0.3) is 10.4 Å². The van der Waals surface area contributed by atoms with Crippen molar-refractivity contribution in [2.24, 2.45) is 5.41 Å². The van der Waals surface area contributed by atoms with Gasteiger partial charge in [0.25, 0.3) is 0 Å². The molecule has 2 heterocycles. The van der Waals surface area contributed by atoms with Crippen LogP contribution in [0.2, 0.25) is 0 Å². The quantitative estimate of drug-likeness (QED) is 0.227. The van der Waals surface area contributed by atoms with E-state index in [9.17, 15) is 24.3 Å². The molecule has 4 N–H and O–H groups in total. The van der Waals surface area contributed by atoms with Crippen LogP contribution in [0.3, 0.4) is 0 Å². The molecule has 3 rings (SSSR count). The molecule has 0 radical (unpaired) electrons. The van der Waals surface area contributed by atoms with Gasteiger partial charge in [0.15, 0.2) is 0 Å².